The summed E-state index contributed by atoms with van der Waals surface area (Å²) in [5.74, 6) is -1.85. The molecule has 0 radical (unpaired) electrons. The predicted molar refractivity (Wildman–Crippen MR) is 143 cm³/mol. The lowest BCUT2D eigenvalue weighted by Crippen LogP contribution is -2.31. The zero-order chi connectivity index (χ0) is 27.1. The van der Waals surface area contributed by atoms with Crippen LogP contribution in [-0.4, -0.2) is 15.7 Å². The summed E-state index contributed by atoms with van der Waals surface area (Å²) in [5, 5.41) is 7.93. The number of amides is 1. The zero-order valence-corrected chi connectivity index (χ0v) is 21.8. The van der Waals surface area contributed by atoms with Crippen LogP contribution < -0.4 is 5.32 Å². The van der Waals surface area contributed by atoms with Crippen molar-refractivity contribution in [2.45, 2.75) is 57.4 Å². The van der Waals surface area contributed by atoms with Gasteiger partial charge in [-0.1, -0.05) is 49.7 Å². The van der Waals surface area contributed by atoms with E-state index in [-0.39, 0.29) is 41.0 Å². The highest BCUT2D eigenvalue weighted by atomic mass is 19.1. The second-order valence-corrected chi connectivity index (χ2v) is 10.8. The Morgan fingerprint density at radius 3 is 2.56 bits per heavy atom. The van der Waals surface area contributed by atoms with Gasteiger partial charge < -0.3 is 5.32 Å². The van der Waals surface area contributed by atoms with Gasteiger partial charge in [-0.15, -0.1) is 0 Å². The van der Waals surface area contributed by atoms with Crippen LogP contribution >= 0.6 is 0 Å². The van der Waals surface area contributed by atoms with Crippen LogP contribution in [0.5, 0.6) is 0 Å². The van der Waals surface area contributed by atoms with Gasteiger partial charge in [0.1, 0.15) is 17.3 Å². The molecule has 3 atom stereocenters. The van der Waals surface area contributed by atoms with Gasteiger partial charge in [0.05, 0.1) is 11.7 Å². The molecule has 0 saturated carbocycles. The molecule has 0 saturated heterocycles. The Morgan fingerprint density at radius 1 is 1.00 bits per heavy atom. The fourth-order valence-electron chi connectivity index (χ4n) is 6.31. The van der Waals surface area contributed by atoms with Crippen LogP contribution in [-0.2, 0) is 19.3 Å². The van der Waals surface area contributed by atoms with Gasteiger partial charge in [-0.2, -0.15) is 5.10 Å². The molecule has 1 N–H and O–H groups in total. The van der Waals surface area contributed by atoms with E-state index in [0.29, 0.717) is 12.8 Å². The zero-order valence-electron chi connectivity index (χ0n) is 21.8. The lowest BCUT2D eigenvalue weighted by molar-refractivity contribution is 0.0920. The molecule has 2 aliphatic carbocycles. The van der Waals surface area contributed by atoms with Crippen molar-refractivity contribution in [1.82, 2.24) is 15.1 Å². The van der Waals surface area contributed by atoms with E-state index >= 15 is 4.39 Å². The number of rotatable bonds is 5. The summed E-state index contributed by atoms with van der Waals surface area (Å²) >= 11 is 0. The molecule has 0 aliphatic heterocycles. The summed E-state index contributed by atoms with van der Waals surface area (Å²) in [6.07, 6.45) is 4.72. The van der Waals surface area contributed by atoms with E-state index in [2.05, 4.69) is 24.4 Å². The predicted octanol–water partition coefficient (Wildman–Crippen LogP) is 7.01. The number of aromatic nitrogens is 2. The van der Waals surface area contributed by atoms with E-state index in [9.17, 15) is 13.6 Å². The molecule has 0 spiro atoms. The molecule has 0 bridgehead atoms. The molecule has 2 aliphatic rings. The van der Waals surface area contributed by atoms with Crippen molar-refractivity contribution in [1.29, 1.82) is 0 Å². The van der Waals surface area contributed by atoms with Crippen molar-refractivity contribution in [3.63, 3.8) is 0 Å². The van der Waals surface area contributed by atoms with Crippen molar-refractivity contribution in [2.24, 2.45) is 5.92 Å². The maximum Gasteiger partial charge on any atom is 0.272 e. The number of fused-ring (bicyclic) bond motifs is 2. The average molecular weight is 530 g/mol. The highest BCUT2D eigenvalue weighted by Crippen LogP contribution is 2.39. The topological polar surface area (TPSA) is 46.9 Å². The third-order valence-corrected chi connectivity index (χ3v) is 8.18. The Balaban J connectivity index is 1.43. The molecular weight excluding hydrogens is 499 g/mol. The fraction of sp³-hybridized carbons (Fsp3) is 0.312. The molecule has 6 rings (SSSR count). The lowest BCUT2D eigenvalue weighted by atomic mass is 9.90. The van der Waals surface area contributed by atoms with Crippen molar-refractivity contribution < 1.29 is 18.0 Å². The minimum atomic E-state index is -0.740. The third kappa shape index (κ3) is 4.86. The van der Waals surface area contributed by atoms with Crippen molar-refractivity contribution in [3.8, 4) is 5.69 Å². The first-order valence-electron chi connectivity index (χ1n) is 13.6. The van der Waals surface area contributed by atoms with Gasteiger partial charge in [0.15, 0.2) is 11.5 Å². The van der Waals surface area contributed by atoms with Crippen molar-refractivity contribution >= 4 is 5.91 Å². The van der Waals surface area contributed by atoms with Crippen LogP contribution in [0.15, 0.2) is 66.7 Å². The SMILES string of the molecule is C[C@H]1Cc2ccccc2[C@H]1NC(=O)c1nn(-c2ccc(F)cc2F)c2c1CCCCC2Cc1ccc(F)cc1. The molecule has 1 aromatic heterocycles. The Kier molecular flexibility index (Phi) is 6.75. The van der Waals surface area contributed by atoms with Crippen LogP contribution in [0.4, 0.5) is 13.2 Å². The largest absolute Gasteiger partial charge is 0.344 e. The van der Waals surface area contributed by atoms with E-state index in [1.807, 2.05) is 12.1 Å². The molecular formula is C32H30F3N3O. The number of nitrogens with zero attached hydrogens (tertiary/aromatic N) is 2. The summed E-state index contributed by atoms with van der Waals surface area (Å²) in [6.45, 7) is 2.12. The fourth-order valence-corrected chi connectivity index (χ4v) is 6.31. The highest BCUT2D eigenvalue weighted by molar-refractivity contribution is 5.94. The summed E-state index contributed by atoms with van der Waals surface area (Å²) in [4.78, 5) is 13.8. The molecule has 1 unspecified atom stereocenters. The van der Waals surface area contributed by atoms with E-state index in [0.717, 1.165) is 54.1 Å². The Bertz CT molecular complexity index is 1530. The number of hydrogen-bond donors (Lipinski definition) is 1. The average Bonchev–Trinajstić information content (AvgIpc) is 3.36. The van der Waals surface area contributed by atoms with Gasteiger partial charge in [0.2, 0.25) is 0 Å². The van der Waals surface area contributed by atoms with Gasteiger partial charge in [0, 0.05) is 17.5 Å². The molecule has 1 amide bonds. The minimum Gasteiger partial charge on any atom is -0.344 e. The quantitative estimate of drug-likeness (QED) is 0.283. The second kappa shape index (κ2) is 10.4. The van der Waals surface area contributed by atoms with Gasteiger partial charge >= 0.3 is 0 Å². The Morgan fingerprint density at radius 2 is 1.77 bits per heavy atom. The van der Waals surface area contributed by atoms with Gasteiger partial charge in [-0.3, -0.25) is 4.79 Å². The van der Waals surface area contributed by atoms with Gasteiger partial charge in [0.25, 0.3) is 5.91 Å². The number of carbonyl (C=O) groups is 1. The summed E-state index contributed by atoms with van der Waals surface area (Å²) in [5.41, 5.74) is 5.26. The molecule has 0 fully saturated rings. The lowest BCUT2D eigenvalue weighted by Gasteiger charge is -2.19. The van der Waals surface area contributed by atoms with Crippen LogP contribution in [0.1, 0.15) is 76.6 Å². The molecule has 4 nitrogen and oxygen atoms in total. The number of nitrogens with one attached hydrogen (secondary N) is 1. The summed E-state index contributed by atoms with van der Waals surface area (Å²) in [7, 11) is 0. The highest BCUT2D eigenvalue weighted by Gasteiger charge is 2.35. The number of carbonyl (C=O) groups excluding carboxylic acids is 1. The molecule has 1 heterocycles. The number of benzene rings is 3. The van der Waals surface area contributed by atoms with Gasteiger partial charge in [-0.25, -0.2) is 17.9 Å². The van der Waals surface area contributed by atoms with E-state index in [1.165, 1.54) is 34.5 Å². The first kappa shape index (κ1) is 25.4. The van der Waals surface area contributed by atoms with E-state index in [1.54, 1.807) is 12.1 Å². The standard InChI is InChI=1S/C32H30F3N3O/c1-19-16-21-6-2-4-8-25(21)29(19)36-32(39)30-26-9-5-3-7-22(17-20-10-12-23(33)13-11-20)31(26)38(37-30)28-15-14-24(34)18-27(28)35/h2,4,6,8,10-15,18-19,22,29H,3,5,7,9,16-17H2,1H3,(H,36,39)/t19-,22?,29-/m0/s1. The van der Waals surface area contributed by atoms with Crippen LogP contribution in [0, 0.1) is 23.4 Å². The van der Waals surface area contributed by atoms with Crippen molar-refractivity contribution in [2.75, 3.05) is 0 Å². The molecule has 39 heavy (non-hydrogen) atoms. The van der Waals surface area contributed by atoms with E-state index < -0.39 is 11.6 Å². The normalized spacial score (nSPS) is 20.3. The number of hydrogen-bond acceptors (Lipinski definition) is 2. The first-order valence-corrected chi connectivity index (χ1v) is 13.6. The van der Waals surface area contributed by atoms with Crippen molar-refractivity contribution in [3.05, 3.63) is 118 Å². The Hall–Kier alpha value is -3.87. The summed E-state index contributed by atoms with van der Waals surface area (Å²) < 4.78 is 44.0. The maximum atomic E-state index is 15.1. The molecule has 3 aromatic carbocycles. The van der Waals surface area contributed by atoms with Gasteiger partial charge in [-0.05, 0) is 79.0 Å². The second-order valence-electron chi connectivity index (χ2n) is 10.8. The van der Waals surface area contributed by atoms with E-state index in [4.69, 9.17) is 5.10 Å². The minimum absolute atomic E-state index is 0.0717. The summed E-state index contributed by atoms with van der Waals surface area (Å²) in [6, 6.07) is 17.8. The van der Waals surface area contributed by atoms with Crippen LogP contribution in [0.2, 0.25) is 0 Å². The smallest absolute Gasteiger partial charge is 0.272 e. The maximum absolute atomic E-state index is 15.1. The number of halogens is 3. The van der Waals surface area contributed by atoms with Crippen LogP contribution in [0.25, 0.3) is 5.69 Å². The molecule has 7 heteroatoms. The third-order valence-electron chi connectivity index (χ3n) is 8.18. The first-order chi connectivity index (χ1) is 18.9. The van der Waals surface area contributed by atoms with Crippen LogP contribution in [0.3, 0.4) is 0 Å². The molecule has 200 valence electrons. The Labute approximate surface area is 225 Å². The monoisotopic (exact) mass is 529 g/mol. The molecule has 4 aromatic rings.